The molecule has 0 aliphatic heterocycles. The first-order valence-electron chi connectivity index (χ1n) is 7.19. The summed E-state index contributed by atoms with van der Waals surface area (Å²) in [6.45, 7) is 6.26. The third-order valence-corrected chi connectivity index (χ3v) is 3.49. The van der Waals surface area contributed by atoms with Gasteiger partial charge in [-0.3, -0.25) is 4.79 Å². The minimum absolute atomic E-state index is 0.0334. The molecule has 0 heterocycles. The third-order valence-electron chi connectivity index (χ3n) is 3.49. The van der Waals surface area contributed by atoms with Gasteiger partial charge >= 0.3 is 6.18 Å². The lowest BCUT2D eigenvalue weighted by molar-refractivity contribution is -0.182. The predicted molar refractivity (Wildman–Crippen MR) is 72.3 cm³/mol. The quantitative estimate of drug-likeness (QED) is 0.837. The summed E-state index contributed by atoms with van der Waals surface area (Å²) in [6.07, 6.45) is -2.26. The van der Waals surface area contributed by atoms with Gasteiger partial charge in [-0.2, -0.15) is 13.2 Å². The van der Waals surface area contributed by atoms with Crippen LogP contribution in [0.25, 0.3) is 0 Å². The molecule has 3 nitrogen and oxygen atoms in total. The minimum Gasteiger partial charge on any atom is -0.351 e. The Hall–Kier alpha value is -0.780. The van der Waals surface area contributed by atoms with E-state index in [1.54, 1.807) is 0 Å². The second-order valence-corrected chi connectivity index (χ2v) is 6.59. The Morgan fingerprint density at radius 3 is 2.10 bits per heavy atom. The molecule has 0 atom stereocenters. The maximum absolute atomic E-state index is 12.5. The van der Waals surface area contributed by atoms with Crippen LogP contribution in [0.3, 0.4) is 0 Å². The van der Waals surface area contributed by atoms with Gasteiger partial charge in [0, 0.05) is 24.5 Å². The molecule has 1 rings (SSSR count). The van der Waals surface area contributed by atoms with Crippen molar-refractivity contribution in [3.63, 3.8) is 0 Å². The van der Waals surface area contributed by atoms with Crippen molar-refractivity contribution in [1.82, 2.24) is 10.6 Å². The summed E-state index contributed by atoms with van der Waals surface area (Å²) in [5, 5.41) is 6.04. The van der Waals surface area contributed by atoms with Crippen molar-refractivity contribution < 1.29 is 18.0 Å². The van der Waals surface area contributed by atoms with E-state index < -0.39 is 12.1 Å². The van der Waals surface area contributed by atoms with E-state index >= 15 is 0 Å². The number of alkyl halides is 3. The van der Waals surface area contributed by atoms with Crippen LogP contribution in [0.1, 0.15) is 52.9 Å². The minimum atomic E-state index is -4.06. The average molecular weight is 294 g/mol. The van der Waals surface area contributed by atoms with Crippen molar-refractivity contribution in [3.8, 4) is 0 Å². The van der Waals surface area contributed by atoms with Crippen molar-refractivity contribution in [2.24, 2.45) is 5.92 Å². The van der Waals surface area contributed by atoms with Crippen LogP contribution in [0.2, 0.25) is 0 Å². The average Bonchev–Trinajstić information content (AvgIpc) is 2.26. The van der Waals surface area contributed by atoms with Gasteiger partial charge in [0.1, 0.15) is 0 Å². The topological polar surface area (TPSA) is 41.1 Å². The van der Waals surface area contributed by atoms with E-state index in [1.807, 2.05) is 20.8 Å². The molecule has 1 saturated carbocycles. The van der Waals surface area contributed by atoms with Crippen LogP contribution in [-0.2, 0) is 4.79 Å². The lowest BCUT2D eigenvalue weighted by Crippen LogP contribution is -2.43. The fourth-order valence-corrected chi connectivity index (χ4v) is 2.50. The molecule has 6 heteroatoms. The third kappa shape index (κ3) is 6.59. The number of amides is 1. The van der Waals surface area contributed by atoms with Gasteiger partial charge < -0.3 is 10.6 Å². The van der Waals surface area contributed by atoms with E-state index in [0.717, 1.165) is 0 Å². The van der Waals surface area contributed by atoms with Crippen molar-refractivity contribution in [1.29, 1.82) is 0 Å². The monoisotopic (exact) mass is 294 g/mol. The fourth-order valence-electron chi connectivity index (χ4n) is 2.50. The van der Waals surface area contributed by atoms with Crippen LogP contribution in [0.15, 0.2) is 0 Å². The van der Waals surface area contributed by atoms with Crippen LogP contribution < -0.4 is 10.6 Å². The molecule has 1 amide bonds. The van der Waals surface area contributed by atoms with E-state index in [1.165, 1.54) is 0 Å². The van der Waals surface area contributed by atoms with E-state index in [4.69, 9.17) is 0 Å². The molecule has 0 bridgehead atoms. The molecule has 2 N–H and O–H groups in total. The van der Waals surface area contributed by atoms with Crippen LogP contribution in [0.5, 0.6) is 0 Å². The first-order valence-corrected chi connectivity index (χ1v) is 7.19. The largest absolute Gasteiger partial charge is 0.391 e. The molecular formula is C14H25F3N2O. The molecule has 1 aliphatic rings. The molecule has 0 saturated heterocycles. The number of halogens is 3. The van der Waals surface area contributed by atoms with Gasteiger partial charge in [0.05, 0.1) is 5.92 Å². The maximum atomic E-state index is 12.5. The van der Waals surface area contributed by atoms with Crippen molar-refractivity contribution in [2.45, 2.75) is 70.6 Å². The highest BCUT2D eigenvalue weighted by atomic mass is 19.4. The van der Waals surface area contributed by atoms with Crippen LogP contribution >= 0.6 is 0 Å². The number of rotatable bonds is 4. The molecule has 1 fully saturated rings. The van der Waals surface area contributed by atoms with E-state index in [9.17, 15) is 18.0 Å². The Morgan fingerprint density at radius 1 is 1.10 bits per heavy atom. The highest BCUT2D eigenvalue weighted by Crippen LogP contribution is 2.37. The lowest BCUT2D eigenvalue weighted by atomic mass is 9.85. The zero-order valence-corrected chi connectivity index (χ0v) is 12.4. The molecule has 0 radical (unpaired) electrons. The SMILES string of the molecule is CC(C)(C)NC(=O)CCNC1CCC(C(F)(F)F)CC1. The van der Waals surface area contributed by atoms with Crippen molar-refractivity contribution in [2.75, 3.05) is 6.54 Å². The molecular weight excluding hydrogens is 269 g/mol. The smallest absolute Gasteiger partial charge is 0.351 e. The summed E-state index contributed by atoms with van der Waals surface area (Å²) >= 11 is 0. The molecule has 1 aliphatic carbocycles. The van der Waals surface area contributed by atoms with Crippen molar-refractivity contribution in [3.05, 3.63) is 0 Å². The fraction of sp³-hybridized carbons (Fsp3) is 0.929. The number of carbonyl (C=O) groups is 1. The standard InChI is InChI=1S/C14H25F3N2O/c1-13(2,3)19-12(20)8-9-18-11-6-4-10(5-7-11)14(15,16)17/h10-11,18H,4-9H2,1-3H3,(H,19,20). The van der Waals surface area contributed by atoms with E-state index in [0.29, 0.717) is 25.8 Å². The molecule has 20 heavy (non-hydrogen) atoms. The number of carbonyl (C=O) groups excluding carboxylic acids is 1. The van der Waals surface area contributed by atoms with E-state index in [-0.39, 0.29) is 30.3 Å². The Balaban J connectivity index is 2.18. The van der Waals surface area contributed by atoms with Crippen LogP contribution in [0, 0.1) is 5.92 Å². The van der Waals surface area contributed by atoms with Gasteiger partial charge in [0.2, 0.25) is 5.91 Å². The van der Waals surface area contributed by atoms with Gasteiger partial charge in [-0.05, 0) is 46.5 Å². The zero-order valence-electron chi connectivity index (χ0n) is 12.4. The molecule has 0 unspecified atom stereocenters. The highest BCUT2D eigenvalue weighted by Gasteiger charge is 2.41. The van der Waals surface area contributed by atoms with Crippen molar-refractivity contribution >= 4 is 5.91 Å². The van der Waals surface area contributed by atoms with Gasteiger partial charge in [0.25, 0.3) is 0 Å². The second kappa shape index (κ2) is 6.78. The normalized spacial score (nSPS) is 24.5. The first kappa shape index (κ1) is 17.3. The summed E-state index contributed by atoms with van der Waals surface area (Å²) in [4.78, 5) is 11.6. The number of nitrogens with one attached hydrogen (secondary N) is 2. The zero-order chi connectivity index (χ0) is 15.4. The van der Waals surface area contributed by atoms with Gasteiger partial charge in [-0.25, -0.2) is 0 Å². The summed E-state index contributed by atoms with van der Waals surface area (Å²) in [7, 11) is 0. The molecule has 0 spiro atoms. The number of hydrogen-bond donors (Lipinski definition) is 2. The molecule has 118 valence electrons. The second-order valence-electron chi connectivity index (χ2n) is 6.59. The Bertz CT molecular complexity index is 315. The summed E-state index contributed by atoms with van der Waals surface area (Å²) in [6, 6.07) is 0.107. The summed E-state index contributed by atoms with van der Waals surface area (Å²) < 4.78 is 37.5. The molecule has 0 aromatic heterocycles. The Kier molecular flexibility index (Phi) is 5.86. The maximum Gasteiger partial charge on any atom is 0.391 e. The van der Waals surface area contributed by atoms with Crippen LogP contribution in [0.4, 0.5) is 13.2 Å². The summed E-state index contributed by atoms with van der Waals surface area (Å²) in [5.41, 5.74) is -0.248. The lowest BCUT2D eigenvalue weighted by Gasteiger charge is -2.30. The van der Waals surface area contributed by atoms with Gasteiger partial charge in [-0.1, -0.05) is 0 Å². The van der Waals surface area contributed by atoms with Gasteiger partial charge in [-0.15, -0.1) is 0 Å². The summed E-state index contributed by atoms with van der Waals surface area (Å²) in [5.74, 6) is -1.18. The highest BCUT2D eigenvalue weighted by molar-refractivity contribution is 5.76. The van der Waals surface area contributed by atoms with E-state index in [2.05, 4.69) is 10.6 Å². The Labute approximate surface area is 118 Å². The molecule has 0 aromatic carbocycles. The molecule has 0 aromatic rings. The van der Waals surface area contributed by atoms with Crippen LogP contribution in [-0.4, -0.2) is 30.2 Å². The van der Waals surface area contributed by atoms with Gasteiger partial charge in [0.15, 0.2) is 0 Å². The first-order chi connectivity index (χ1) is 9.08. The predicted octanol–water partition coefficient (Wildman–Crippen LogP) is 3.00. The number of hydrogen-bond acceptors (Lipinski definition) is 2. The Morgan fingerprint density at radius 2 is 1.65 bits per heavy atom.